The molecule has 0 saturated heterocycles. The number of aliphatic hydroxyl groups is 1. The summed E-state index contributed by atoms with van der Waals surface area (Å²) >= 11 is 0. The van der Waals surface area contributed by atoms with Crippen molar-refractivity contribution >= 4 is 22.6 Å². The molecule has 0 radical (unpaired) electrons. The molecule has 0 amide bonds. The average molecular weight is 635 g/mol. The van der Waals surface area contributed by atoms with Gasteiger partial charge in [0.25, 0.3) is 5.79 Å². The van der Waals surface area contributed by atoms with Crippen molar-refractivity contribution in [2.75, 3.05) is 0 Å². The predicted octanol–water partition coefficient (Wildman–Crippen LogP) is 9.01. The number of alkyl halides is 1. The molecule has 242 valence electrons. The Hall–Kier alpha value is -2.01. The highest BCUT2D eigenvalue weighted by molar-refractivity contribution is 6.75. The summed E-state index contributed by atoms with van der Waals surface area (Å²) in [6.07, 6.45) is 9.84. The number of para-hydroxylation sites is 1. The Kier molecular flexibility index (Phi) is 12.1. The van der Waals surface area contributed by atoms with Gasteiger partial charge in [0.1, 0.15) is 5.75 Å². The van der Waals surface area contributed by atoms with Crippen LogP contribution in [-0.4, -0.2) is 50.6 Å². The molecule has 0 bridgehead atoms. The Morgan fingerprint density at radius 2 is 1.53 bits per heavy atom. The van der Waals surface area contributed by atoms with Gasteiger partial charge in [-0.25, -0.2) is 4.79 Å². The molecule has 1 saturated carbocycles. The van der Waals surface area contributed by atoms with E-state index >= 15 is 4.39 Å². The number of hydrogen-bond acceptors (Lipinski definition) is 5. The predicted molar refractivity (Wildman–Crippen MR) is 177 cm³/mol. The Labute approximate surface area is 261 Å². The van der Waals surface area contributed by atoms with E-state index in [0.29, 0.717) is 12.8 Å². The number of benzene rings is 1. The number of ether oxygens (including phenoxy) is 1. The minimum absolute atomic E-state index is 0.0177. The summed E-state index contributed by atoms with van der Waals surface area (Å²) < 4.78 is 36.9. The van der Waals surface area contributed by atoms with E-state index in [-0.39, 0.29) is 17.6 Å². The first kappa shape index (κ1) is 37.2. The Morgan fingerprint density at radius 3 is 2.00 bits per heavy atom. The van der Waals surface area contributed by atoms with E-state index in [1.54, 1.807) is 24.3 Å². The maximum Gasteiger partial charge on any atom is 0.402 e. The first-order chi connectivity index (χ1) is 19.6. The number of carboxylic acid groups (broad SMARTS) is 1. The van der Waals surface area contributed by atoms with Gasteiger partial charge in [0, 0.05) is 6.08 Å². The monoisotopic (exact) mass is 634 g/mol. The fourth-order valence-electron chi connectivity index (χ4n) is 4.61. The van der Waals surface area contributed by atoms with Crippen LogP contribution in [0.4, 0.5) is 4.39 Å². The molecule has 1 aliphatic carbocycles. The molecule has 43 heavy (non-hydrogen) atoms. The first-order valence-electron chi connectivity index (χ1n) is 15.5. The Balaban J connectivity index is 2.81. The minimum Gasteiger partial charge on any atom is -0.476 e. The molecular formula is C34H55FO6Si2. The lowest BCUT2D eigenvalue weighted by Gasteiger charge is -2.51. The van der Waals surface area contributed by atoms with Crippen molar-refractivity contribution in [3.63, 3.8) is 0 Å². The zero-order valence-corrected chi connectivity index (χ0v) is 30.2. The van der Waals surface area contributed by atoms with Gasteiger partial charge in [-0.2, -0.15) is 4.39 Å². The smallest absolute Gasteiger partial charge is 0.402 e. The van der Waals surface area contributed by atoms with Crippen LogP contribution in [0, 0.1) is 11.8 Å². The number of allylic oxidation sites excluding steroid dienone is 2. The van der Waals surface area contributed by atoms with Crippen molar-refractivity contribution in [3.05, 3.63) is 60.4 Å². The molecule has 4 atom stereocenters. The van der Waals surface area contributed by atoms with Crippen molar-refractivity contribution in [1.82, 2.24) is 0 Å². The van der Waals surface area contributed by atoms with E-state index in [2.05, 4.69) is 24.8 Å². The van der Waals surface area contributed by atoms with Crippen LogP contribution >= 0.6 is 0 Å². The van der Waals surface area contributed by atoms with Crippen LogP contribution < -0.4 is 4.74 Å². The van der Waals surface area contributed by atoms with Crippen LogP contribution in [-0.2, 0) is 13.6 Å². The van der Waals surface area contributed by atoms with Crippen molar-refractivity contribution in [1.29, 1.82) is 0 Å². The lowest BCUT2D eigenvalue weighted by Crippen LogP contribution is -2.69. The summed E-state index contributed by atoms with van der Waals surface area (Å²) in [7, 11) is -5.83. The van der Waals surface area contributed by atoms with Crippen molar-refractivity contribution in [2.24, 2.45) is 11.8 Å². The van der Waals surface area contributed by atoms with Gasteiger partial charge >= 0.3 is 11.8 Å². The lowest BCUT2D eigenvalue weighted by atomic mass is 9.91. The normalized spacial score (nSPS) is 21.7. The summed E-state index contributed by atoms with van der Waals surface area (Å²) in [5.74, 6) is -7.54. The van der Waals surface area contributed by atoms with E-state index in [1.807, 2.05) is 67.7 Å². The van der Waals surface area contributed by atoms with Gasteiger partial charge in [-0.1, -0.05) is 78.8 Å². The molecule has 1 fully saturated rings. The summed E-state index contributed by atoms with van der Waals surface area (Å²) in [4.78, 5) is 13.0. The average Bonchev–Trinajstić information content (AvgIpc) is 3.22. The van der Waals surface area contributed by atoms with Gasteiger partial charge in [-0.15, -0.1) is 5.73 Å². The van der Waals surface area contributed by atoms with E-state index in [0.717, 1.165) is 12.8 Å². The van der Waals surface area contributed by atoms with Gasteiger partial charge in [0.05, 0.1) is 6.10 Å². The molecule has 1 aromatic rings. The number of carboxylic acids is 1. The molecule has 9 heteroatoms. The van der Waals surface area contributed by atoms with Crippen LogP contribution in [0.15, 0.2) is 60.4 Å². The van der Waals surface area contributed by atoms with Crippen molar-refractivity contribution in [3.8, 4) is 5.75 Å². The quantitative estimate of drug-likeness (QED) is 0.0975. The maximum absolute atomic E-state index is 17.6. The second kappa shape index (κ2) is 14.0. The Bertz CT molecular complexity index is 1130. The first-order valence-corrected chi connectivity index (χ1v) is 21.3. The molecule has 1 unspecified atom stereocenters. The minimum atomic E-state index is -3.46. The summed E-state index contributed by atoms with van der Waals surface area (Å²) in [5, 5.41) is 20.4. The highest BCUT2D eigenvalue weighted by Gasteiger charge is 2.67. The largest absolute Gasteiger partial charge is 0.476 e. The topological polar surface area (TPSA) is 85.2 Å². The number of rotatable bonds is 13. The maximum atomic E-state index is 17.6. The van der Waals surface area contributed by atoms with E-state index < -0.39 is 50.4 Å². The zero-order valence-electron chi connectivity index (χ0n) is 28.2. The van der Waals surface area contributed by atoms with Gasteiger partial charge < -0.3 is 23.8 Å². The third-order valence-corrected chi connectivity index (χ3v) is 18.2. The Morgan fingerprint density at radius 1 is 1.00 bits per heavy atom. The number of halogens is 1. The fraction of sp³-hybridized carbons (Fsp3) is 0.647. The summed E-state index contributed by atoms with van der Waals surface area (Å²) in [6.45, 7) is 21.8. The van der Waals surface area contributed by atoms with Gasteiger partial charge in [-0.05, 0) is 92.0 Å². The molecule has 1 aliphatic rings. The molecule has 2 rings (SSSR count). The third kappa shape index (κ3) is 8.80. The van der Waals surface area contributed by atoms with Crippen LogP contribution in [0.3, 0.4) is 0 Å². The third-order valence-electron chi connectivity index (χ3n) is 9.39. The van der Waals surface area contributed by atoms with E-state index in [1.165, 1.54) is 18.2 Å². The fourth-order valence-corrected chi connectivity index (χ4v) is 7.29. The highest BCUT2D eigenvalue weighted by Crippen LogP contribution is 2.49. The van der Waals surface area contributed by atoms with Crippen molar-refractivity contribution < 1.29 is 33.0 Å². The molecule has 6 nitrogen and oxygen atoms in total. The molecule has 2 N–H and O–H groups in total. The molecule has 0 aliphatic heterocycles. The summed E-state index contributed by atoms with van der Waals surface area (Å²) in [6, 6.07) is 8.04. The lowest BCUT2D eigenvalue weighted by molar-refractivity contribution is -0.266. The van der Waals surface area contributed by atoms with Crippen LogP contribution in [0.1, 0.15) is 74.1 Å². The standard InChI is InChI=1S/C34H55FO6Si2/c1-12-13-19-26-23-24-29(36)28(26)22-17-18-25-33(40-42(8,9)31(2,3)4,41-43(10,11)32(5,6)7)34(35,30(37)38)39-27-20-15-14-16-21-27/h13-17,19-21,25-26,28-29,36H,12,22-24H2,1-11H3,(H,37,38)/t18?,26-,28+,29-,34?/m0/s1/i40+0,41+0. The molecule has 1 aromatic carbocycles. The SMILES string of the molecule is CCC=C[C@H]1CC[C@H](O)[C@@H]1CC=C=CC([16O][Si](C)(C)C(C)(C)C)([16O][Si](C)(C)C(C)(C)C)C(F)(Oc1ccccc1)C(=O)O. The summed E-state index contributed by atoms with van der Waals surface area (Å²) in [5.41, 5.74) is 3.07. The molecule has 0 heterocycles. The molecule has 0 aromatic heterocycles. The van der Waals surface area contributed by atoms with Crippen LogP contribution in [0.25, 0.3) is 0 Å². The zero-order chi connectivity index (χ0) is 32.9. The number of aliphatic hydroxyl groups excluding tert-OH is 1. The van der Waals surface area contributed by atoms with Gasteiger partial charge in [0.2, 0.25) is 0 Å². The van der Waals surface area contributed by atoms with E-state index in [9.17, 15) is 15.0 Å². The van der Waals surface area contributed by atoms with Crippen molar-refractivity contribution in [2.45, 2.75) is 128 Å². The van der Waals surface area contributed by atoms with Crippen LogP contribution in [0.5, 0.6) is 5.75 Å². The number of aliphatic carboxylic acids is 1. The van der Waals surface area contributed by atoms with Gasteiger partial charge in [0.15, 0.2) is 16.6 Å². The highest BCUT2D eigenvalue weighted by atomic mass is 28.4. The molecule has 0 spiro atoms. The number of carbonyl (C=O) groups is 1. The second-order valence-corrected chi connectivity index (χ2v) is 24.2. The number of hydrogen-bond donors (Lipinski definition) is 2. The second-order valence-electron chi connectivity index (χ2n) is 14.8. The van der Waals surface area contributed by atoms with Gasteiger partial charge in [-0.3, -0.25) is 0 Å². The van der Waals surface area contributed by atoms with E-state index in [4.69, 9.17) is 13.6 Å². The van der Waals surface area contributed by atoms with Crippen LogP contribution in [0.2, 0.25) is 36.3 Å². The molecular weight excluding hydrogens is 580 g/mol.